The Balaban J connectivity index is 2.11. The number of hydrogen-bond donors (Lipinski definition) is 1. The highest BCUT2D eigenvalue weighted by molar-refractivity contribution is 9.10. The molecule has 0 spiro atoms. The minimum atomic E-state index is -0.412. The zero-order chi connectivity index (χ0) is 15.4. The Kier molecular flexibility index (Phi) is 5.20. The van der Waals surface area contributed by atoms with Gasteiger partial charge in [0.1, 0.15) is 5.82 Å². The first-order valence-corrected chi connectivity index (χ1v) is 7.24. The van der Waals surface area contributed by atoms with E-state index in [9.17, 15) is 9.18 Å². The number of carbonyl (C=O) groups excluding carboxylic acids is 1. The van der Waals surface area contributed by atoms with Crippen LogP contribution < -0.4 is 5.32 Å². The molecule has 0 bridgehead atoms. The van der Waals surface area contributed by atoms with E-state index in [0.29, 0.717) is 22.8 Å². The van der Waals surface area contributed by atoms with E-state index in [1.165, 1.54) is 13.2 Å². The van der Waals surface area contributed by atoms with Gasteiger partial charge >= 0.3 is 5.97 Å². The summed E-state index contributed by atoms with van der Waals surface area (Å²) in [5.74, 6) is -0.816. The first kappa shape index (κ1) is 15.8. The Morgan fingerprint density at radius 2 is 2.10 bits per heavy atom. The second kappa shape index (κ2) is 6.91. The number of benzene rings is 2. The molecule has 0 unspecified atom stereocenters. The van der Waals surface area contributed by atoms with Gasteiger partial charge in [0, 0.05) is 16.0 Å². The van der Waals surface area contributed by atoms with Gasteiger partial charge in [-0.25, -0.2) is 9.18 Å². The summed E-state index contributed by atoms with van der Waals surface area (Å²) in [5, 5.41) is 3.33. The molecule has 0 aliphatic carbocycles. The Morgan fingerprint density at radius 3 is 2.71 bits per heavy atom. The second-order valence-electron chi connectivity index (χ2n) is 4.28. The molecule has 0 heterocycles. The van der Waals surface area contributed by atoms with Crippen LogP contribution in [0.4, 0.5) is 10.1 Å². The van der Waals surface area contributed by atoms with Crippen LogP contribution in [0.5, 0.6) is 0 Å². The maximum absolute atomic E-state index is 13.6. The highest BCUT2D eigenvalue weighted by Crippen LogP contribution is 2.23. The molecule has 2 aromatic carbocycles. The van der Waals surface area contributed by atoms with Crippen molar-refractivity contribution >= 4 is 39.2 Å². The van der Waals surface area contributed by atoms with Crippen molar-refractivity contribution in [3.8, 4) is 0 Å². The van der Waals surface area contributed by atoms with Gasteiger partial charge in [-0.2, -0.15) is 0 Å². The molecule has 0 saturated heterocycles. The van der Waals surface area contributed by atoms with Gasteiger partial charge in [-0.05, 0) is 35.9 Å². The minimum Gasteiger partial charge on any atom is -0.465 e. The molecule has 2 rings (SSSR count). The second-order valence-corrected chi connectivity index (χ2v) is 5.57. The molecule has 0 saturated carbocycles. The smallest absolute Gasteiger partial charge is 0.337 e. The van der Waals surface area contributed by atoms with Crippen LogP contribution in [0.15, 0.2) is 40.9 Å². The standard InChI is InChI=1S/C15H12BrClFNO2/c1-21-15(20)9-2-3-10(12(16)6-9)8-19-14-5-4-11(17)7-13(14)18/h2-7,19H,8H2,1H3. The van der Waals surface area contributed by atoms with Crippen molar-refractivity contribution in [2.45, 2.75) is 6.54 Å². The van der Waals surface area contributed by atoms with Crippen LogP contribution in [0.2, 0.25) is 5.02 Å². The molecule has 2 aromatic rings. The van der Waals surface area contributed by atoms with Gasteiger partial charge in [-0.1, -0.05) is 33.6 Å². The third-order valence-corrected chi connectivity index (χ3v) is 3.85. The summed E-state index contributed by atoms with van der Waals surface area (Å²) >= 11 is 9.09. The van der Waals surface area contributed by atoms with E-state index >= 15 is 0 Å². The monoisotopic (exact) mass is 371 g/mol. The third kappa shape index (κ3) is 3.95. The quantitative estimate of drug-likeness (QED) is 0.795. The van der Waals surface area contributed by atoms with E-state index in [1.807, 2.05) is 0 Å². The predicted molar refractivity (Wildman–Crippen MR) is 84.2 cm³/mol. The van der Waals surface area contributed by atoms with Crippen LogP contribution in [0.25, 0.3) is 0 Å². The van der Waals surface area contributed by atoms with Crippen LogP contribution in [0, 0.1) is 5.82 Å². The molecule has 0 aliphatic rings. The summed E-state index contributed by atoms with van der Waals surface area (Å²) < 4.78 is 19.0. The van der Waals surface area contributed by atoms with Gasteiger partial charge in [0.05, 0.1) is 18.4 Å². The van der Waals surface area contributed by atoms with E-state index < -0.39 is 11.8 Å². The molecule has 0 fully saturated rings. The first-order valence-electron chi connectivity index (χ1n) is 6.07. The van der Waals surface area contributed by atoms with Gasteiger partial charge in [0.25, 0.3) is 0 Å². The minimum absolute atomic E-state index is 0.349. The molecule has 6 heteroatoms. The SMILES string of the molecule is COC(=O)c1ccc(CNc2ccc(Cl)cc2F)c(Br)c1. The van der Waals surface area contributed by atoms with Crippen molar-refractivity contribution in [1.29, 1.82) is 0 Å². The number of carbonyl (C=O) groups is 1. The van der Waals surface area contributed by atoms with Crippen LogP contribution in [0.3, 0.4) is 0 Å². The number of halogens is 3. The molecule has 0 atom stereocenters. The topological polar surface area (TPSA) is 38.3 Å². The summed E-state index contributed by atoms with van der Waals surface area (Å²) in [6.07, 6.45) is 0. The molecule has 110 valence electrons. The van der Waals surface area contributed by atoms with E-state index in [0.717, 1.165) is 10.0 Å². The first-order chi connectivity index (χ1) is 10.0. The summed E-state index contributed by atoms with van der Waals surface area (Å²) in [4.78, 5) is 11.4. The van der Waals surface area contributed by atoms with Crippen molar-refractivity contribution in [2.24, 2.45) is 0 Å². The molecule has 0 amide bonds. The predicted octanol–water partition coefficient (Wildman–Crippen LogP) is 4.64. The van der Waals surface area contributed by atoms with Gasteiger partial charge < -0.3 is 10.1 Å². The highest BCUT2D eigenvalue weighted by atomic mass is 79.9. The van der Waals surface area contributed by atoms with Crippen LogP contribution >= 0.6 is 27.5 Å². The zero-order valence-corrected chi connectivity index (χ0v) is 13.5. The number of esters is 1. The van der Waals surface area contributed by atoms with Gasteiger partial charge in [0.2, 0.25) is 0 Å². The normalized spacial score (nSPS) is 10.3. The van der Waals surface area contributed by atoms with Crippen LogP contribution in [-0.4, -0.2) is 13.1 Å². The lowest BCUT2D eigenvalue weighted by molar-refractivity contribution is 0.0600. The van der Waals surface area contributed by atoms with Crippen LogP contribution in [0.1, 0.15) is 15.9 Å². The van der Waals surface area contributed by atoms with Crippen molar-refractivity contribution in [2.75, 3.05) is 12.4 Å². The highest BCUT2D eigenvalue weighted by Gasteiger charge is 2.09. The Bertz CT molecular complexity index is 679. The lowest BCUT2D eigenvalue weighted by Crippen LogP contribution is -2.05. The molecule has 1 N–H and O–H groups in total. The summed E-state index contributed by atoms with van der Waals surface area (Å²) in [5.41, 5.74) is 1.70. The maximum atomic E-state index is 13.6. The van der Waals surface area contributed by atoms with Gasteiger partial charge in [-0.3, -0.25) is 0 Å². The average Bonchev–Trinajstić information content (AvgIpc) is 2.46. The van der Waals surface area contributed by atoms with Gasteiger partial charge in [-0.15, -0.1) is 0 Å². The summed E-state index contributed by atoms with van der Waals surface area (Å²) in [6.45, 7) is 0.403. The molecular weight excluding hydrogens is 361 g/mol. The van der Waals surface area contributed by atoms with Gasteiger partial charge in [0.15, 0.2) is 0 Å². The Labute approximate surface area is 135 Å². The number of methoxy groups -OCH3 is 1. The van der Waals surface area contributed by atoms with Crippen LogP contribution in [-0.2, 0) is 11.3 Å². The summed E-state index contributed by atoms with van der Waals surface area (Å²) in [6, 6.07) is 9.54. The van der Waals surface area contributed by atoms with E-state index in [-0.39, 0.29) is 0 Å². The van der Waals surface area contributed by atoms with Crippen molar-refractivity contribution in [3.05, 3.63) is 62.8 Å². The Hall–Kier alpha value is -1.59. The molecular formula is C15H12BrClFNO2. The lowest BCUT2D eigenvalue weighted by Gasteiger charge is -2.10. The summed E-state index contributed by atoms with van der Waals surface area (Å²) in [7, 11) is 1.33. The number of rotatable bonds is 4. The number of ether oxygens (including phenoxy) is 1. The molecule has 0 radical (unpaired) electrons. The number of nitrogens with one attached hydrogen (secondary N) is 1. The molecule has 0 aromatic heterocycles. The third-order valence-electron chi connectivity index (χ3n) is 2.87. The fourth-order valence-electron chi connectivity index (χ4n) is 1.76. The molecule has 3 nitrogen and oxygen atoms in total. The van der Waals surface area contributed by atoms with Crippen molar-refractivity contribution in [1.82, 2.24) is 0 Å². The van der Waals surface area contributed by atoms with Crippen molar-refractivity contribution < 1.29 is 13.9 Å². The number of hydrogen-bond acceptors (Lipinski definition) is 3. The van der Waals surface area contributed by atoms with E-state index in [1.54, 1.807) is 30.3 Å². The zero-order valence-electron chi connectivity index (χ0n) is 11.1. The Morgan fingerprint density at radius 1 is 1.33 bits per heavy atom. The maximum Gasteiger partial charge on any atom is 0.337 e. The van der Waals surface area contributed by atoms with E-state index in [2.05, 4.69) is 26.0 Å². The molecule has 21 heavy (non-hydrogen) atoms. The molecule has 0 aliphatic heterocycles. The average molecular weight is 373 g/mol. The fraction of sp³-hybridized carbons (Fsp3) is 0.133. The number of anilines is 1. The van der Waals surface area contributed by atoms with Crippen molar-refractivity contribution in [3.63, 3.8) is 0 Å². The van der Waals surface area contributed by atoms with E-state index in [4.69, 9.17) is 11.6 Å². The largest absolute Gasteiger partial charge is 0.465 e. The fourth-order valence-corrected chi connectivity index (χ4v) is 2.44. The lowest BCUT2D eigenvalue weighted by atomic mass is 10.1.